The molecule has 3 fully saturated rings. The Balaban J connectivity index is 1.54. The zero-order valence-corrected chi connectivity index (χ0v) is 20.2. The Hall–Kier alpha value is -1.50. The summed E-state index contributed by atoms with van der Waals surface area (Å²) in [6.45, 7) is 11.4. The van der Waals surface area contributed by atoms with E-state index in [4.69, 9.17) is 13.9 Å². The minimum absolute atomic E-state index is 0.0698. The fourth-order valence-electron chi connectivity index (χ4n) is 6.10. The zero-order chi connectivity index (χ0) is 22.1. The van der Waals surface area contributed by atoms with Crippen molar-refractivity contribution in [3.05, 3.63) is 60.7 Å². The summed E-state index contributed by atoms with van der Waals surface area (Å²) in [4.78, 5) is 0. The van der Waals surface area contributed by atoms with Crippen LogP contribution in [0, 0.1) is 11.3 Å². The number of rotatable bonds is 5. The van der Waals surface area contributed by atoms with Crippen molar-refractivity contribution in [2.24, 2.45) is 11.3 Å². The van der Waals surface area contributed by atoms with E-state index in [-0.39, 0.29) is 28.6 Å². The van der Waals surface area contributed by atoms with Crippen LogP contribution < -0.4 is 10.4 Å². The number of aliphatic hydroxyl groups excluding tert-OH is 1. The van der Waals surface area contributed by atoms with Crippen LogP contribution in [0.25, 0.3) is 0 Å². The monoisotopic (exact) mass is 438 g/mol. The lowest BCUT2D eigenvalue weighted by Gasteiger charge is -2.44. The first-order valence-corrected chi connectivity index (χ1v) is 13.3. The molecule has 5 heteroatoms. The van der Waals surface area contributed by atoms with Crippen LogP contribution in [0.15, 0.2) is 60.7 Å². The molecule has 2 aliphatic carbocycles. The number of benzene rings is 2. The molecule has 1 saturated heterocycles. The molecule has 0 radical (unpaired) electrons. The molecule has 5 atom stereocenters. The summed E-state index contributed by atoms with van der Waals surface area (Å²) < 4.78 is 19.6. The number of hydrogen-bond acceptors (Lipinski definition) is 4. The molecule has 2 aromatic carbocycles. The van der Waals surface area contributed by atoms with Crippen molar-refractivity contribution in [1.29, 1.82) is 0 Å². The predicted octanol–water partition coefficient (Wildman–Crippen LogP) is 3.46. The SMILES string of the molecule is CC1(C)OC2C(O)C3CC3(CO[Si](c3ccccc3)(c3ccccc3)C(C)(C)C)C2O1. The van der Waals surface area contributed by atoms with E-state index in [1.807, 2.05) is 13.8 Å². The molecule has 0 amide bonds. The largest absolute Gasteiger partial charge is 0.407 e. The van der Waals surface area contributed by atoms with E-state index in [1.54, 1.807) is 0 Å². The molecule has 5 rings (SSSR count). The van der Waals surface area contributed by atoms with Crippen LogP contribution in [0.5, 0.6) is 0 Å². The van der Waals surface area contributed by atoms with Gasteiger partial charge in [0.2, 0.25) is 0 Å². The average Bonchev–Trinajstić information content (AvgIpc) is 3.31. The Kier molecular flexibility index (Phi) is 4.82. The fraction of sp³-hybridized carbons (Fsp3) is 0.538. The molecule has 166 valence electrons. The van der Waals surface area contributed by atoms with Gasteiger partial charge in [0.1, 0.15) is 6.10 Å². The van der Waals surface area contributed by atoms with E-state index < -0.39 is 20.2 Å². The van der Waals surface area contributed by atoms with E-state index >= 15 is 0 Å². The summed E-state index contributed by atoms with van der Waals surface area (Å²) in [6, 6.07) is 21.4. The smallest absolute Gasteiger partial charge is 0.261 e. The summed E-state index contributed by atoms with van der Waals surface area (Å²) in [5.74, 6) is -0.467. The van der Waals surface area contributed by atoms with Crippen LogP contribution in [-0.4, -0.2) is 44.1 Å². The van der Waals surface area contributed by atoms with E-state index in [2.05, 4.69) is 81.4 Å². The van der Waals surface area contributed by atoms with Crippen LogP contribution >= 0.6 is 0 Å². The highest BCUT2D eigenvalue weighted by atomic mass is 28.4. The van der Waals surface area contributed by atoms with Crippen LogP contribution in [-0.2, 0) is 13.9 Å². The zero-order valence-electron chi connectivity index (χ0n) is 19.2. The molecule has 2 saturated carbocycles. The molecule has 0 bridgehead atoms. The van der Waals surface area contributed by atoms with Gasteiger partial charge < -0.3 is 19.0 Å². The maximum atomic E-state index is 10.9. The molecule has 31 heavy (non-hydrogen) atoms. The van der Waals surface area contributed by atoms with Crippen LogP contribution in [0.3, 0.4) is 0 Å². The summed E-state index contributed by atoms with van der Waals surface area (Å²) >= 11 is 0. The molecule has 0 aromatic heterocycles. The van der Waals surface area contributed by atoms with Gasteiger partial charge in [-0.3, -0.25) is 0 Å². The molecule has 4 nitrogen and oxygen atoms in total. The third-order valence-corrected chi connectivity index (χ3v) is 12.6. The second kappa shape index (κ2) is 7.00. The highest BCUT2D eigenvalue weighted by Crippen LogP contribution is 2.68. The van der Waals surface area contributed by atoms with Gasteiger partial charge in [-0.15, -0.1) is 0 Å². The first-order valence-electron chi connectivity index (χ1n) is 11.4. The van der Waals surface area contributed by atoms with Crippen LogP contribution in [0.1, 0.15) is 41.0 Å². The van der Waals surface area contributed by atoms with Gasteiger partial charge in [-0.05, 0) is 41.6 Å². The fourth-order valence-corrected chi connectivity index (χ4v) is 10.7. The second-order valence-electron chi connectivity index (χ2n) is 11.0. The van der Waals surface area contributed by atoms with Gasteiger partial charge in [-0.2, -0.15) is 0 Å². The normalized spacial score (nSPS) is 33.7. The van der Waals surface area contributed by atoms with Crippen molar-refractivity contribution in [1.82, 2.24) is 0 Å². The van der Waals surface area contributed by atoms with E-state index in [1.165, 1.54) is 10.4 Å². The lowest BCUT2D eigenvalue weighted by atomic mass is 10.0. The quantitative estimate of drug-likeness (QED) is 0.727. The van der Waals surface area contributed by atoms with Crippen LogP contribution in [0.4, 0.5) is 0 Å². The molecule has 0 spiro atoms. The minimum Gasteiger partial charge on any atom is -0.407 e. The summed E-state index contributed by atoms with van der Waals surface area (Å²) in [5, 5.41) is 13.4. The van der Waals surface area contributed by atoms with Gasteiger partial charge in [0.15, 0.2) is 5.79 Å². The Labute approximate surface area is 186 Å². The number of fused-ring (bicyclic) bond motifs is 3. The molecule has 5 unspecified atom stereocenters. The number of ether oxygens (including phenoxy) is 2. The van der Waals surface area contributed by atoms with Crippen molar-refractivity contribution in [2.45, 2.75) is 70.2 Å². The molecule has 3 aliphatic rings. The van der Waals surface area contributed by atoms with Crippen molar-refractivity contribution in [3.63, 3.8) is 0 Å². The summed E-state index contributed by atoms with van der Waals surface area (Å²) in [5.41, 5.74) is -0.162. The lowest BCUT2D eigenvalue weighted by Crippen LogP contribution is -2.67. The van der Waals surface area contributed by atoms with E-state index in [9.17, 15) is 5.11 Å². The molecule has 1 N–H and O–H groups in total. The third-order valence-electron chi connectivity index (χ3n) is 7.60. The van der Waals surface area contributed by atoms with Gasteiger partial charge in [0, 0.05) is 12.0 Å². The van der Waals surface area contributed by atoms with Crippen molar-refractivity contribution in [2.75, 3.05) is 6.61 Å². The number of hydrogen-bond donors (Lipinski definition) is 1. The first-order chi connectivity index (χ1) is 14.6. The number of aliphatic hydroxyl groups is 1. The van der Waals surface area contributed by atoms with Gasteiger partial charge in [-0.25, -0.2) is 0 Å². The van der Waals surface area contributed by atoms with Crippen molar-refractivity contribution in [3.8, 4) is 0 Å². The Morgan fingerprint density at radius 3 is 2.03 bits per heavy atom. The van der Waals surface area contributed by atoms with Gasteiger partial charge in [-0.1, -0.05) is 81.4 Å². The van der Waals surface area contributed by atoms with E-state index in [0.29, 0.717) is 6.61 Å². The minimum atomic E-state index is -2.62. The maximum Gasteiger partial charge on any atom is 0.261 e. The van der Waals surface area contributed by atoms with E-state index in [0.717, 1.165) is 6.42 Å². The molecular formula is C26H34O4Si. The van der Waals surface area contributed by atoms with Crippen molar-refractivity contribution >= 4 is 18.7 Å². The molecular weight excluding hydrogens is 404 g/mol. The molecule has 2 aromatic rings. The van der Waals surface area contributed by atoms with Gasteiger partial charge in [0.05, 0.1) is 12.2 Å². The summed E-state index contributed by atoms with van der Waals surface area (Å²) in [7, 11) is -2.62. The Bertz CT molecular complexity index is 899. The second-order valence-corrected chi connectivity index (χ2v) is 15.3. The standard InChI is InChI=1S/C26H34O4Si/c1-24(2,3)31(18-12-8-6-9-13-18,19-14-10-7-11-15-19)28-17-26-16-20(26)21(27)22-23(26)30-25(4,5)29-22/h6-15,20-23,27H,16-17H2,1-5H3. The Morgan fingerprint density at radius 2 is 1.52 bits per heavy atom. The molecule has 1 aliphatic heterocycles. The highest BCUT2D eigenvalue weighted by molar-refractivity contribution is 6.99. The van der Waals surface area contributed by atoms with Gasteiger partial charge in [0.25, 0.3) is 8.32 Å². The lowest BCUT2D eigenvalue weighted by molar-refractivity contribution is -0.168. The predicted molar refractivity (Wildman–Crippen MR) is 124 cm³/mol. The highest BCUT2D eigenvalue weighted by Gasteiger charge is 2.76. The third kappa shape index (κ3) is 3.17. The van der Waals surface area contributed by atoms with Gasteiger partial charge >= 0.3 is 0 Å². The average molecular weight is 439 g/mol. The first kappa shape index (κ1) is 21.3. The maximum absolute atomic E-state index is 10.9. The Morgan fingerprint density at radius 1 is 0.968 bits per heavy atom. The van der Waals surface area contributed by atoms with Crippen molar-refractivity contribution < 1.29 is 19.0 Å². The van der Waals surface area contributed by atoms with Crippen LogP contribution in [0.2, 0.25) is 5.04 Å². The topological polar surface area (TPSA) is 47.9 Å². The summed E-state index contributed by atoms with van der Waals surface area (Å²) in [6.07, 6.45) is 0.0965. The molecule has 1 heterocycles.